The zero-order valence-corrected chi connectivity index (χ0v) is 9.66. The van der Waals surface area contributed by atoms with E-state index in [2.05, 4.69) is 19.2 Å². The average molecular weight is 220 g/mol. The van der Waals surface area contributed by atoms with Gasteiger partial charge in [-0.2, -0.15) is 0 Å². The van der Waals surface area contributed by atoms with Gasteiger partial charge in [0.15, 0.2) is 0 Å². The molecule has 0 spiro atoms. The SMILES string of the molecule is CCCNCCC.[Cl][Ti][Cl]. The van der Waals surface area contributed by atoms with E-state index in [9.17, 15) is 0 Å². The van der Waals surface area contributed by atoms with Crippen LogP contribution in [0.3, 0.4) is 0 Å². The van der Waals surface area contributed by atoms with E-state index < -0.39 is 17.0 Å². The van der Waals surface area contributed by atoms with Crippen LogP contribution < -0.4 is 5.32 Å². The Labute approximate surface area is 80.5 Å². The standard InChI is InChI=1S/C6H15N.2ClH.Ti/c1-3-5-7-6-4-2;;;/h7H,3-6H2,1-2H3;2*1H;/q;;;+2/p-2. The van der Waals surface area contributed by atoms with Crippen molar-refractivity contribution in [2.24, 2.45) is 0 Å². The van der Waals surface area contributed by atoms with E-state index in [4.69, 9.17) is 18.6 Å². The molecule has 4 heteroatoms. The summed E-state index contributed by atoms with van der Waals surface area (Å²) < 4.78 is 0. The van der Waals surface area contributed by atoms with Gasteiger partial charge in [0.25, 0.3) is 0 Å². The van der Waals surface area contributed by atoms with Crippen molar-refractivity contribution < 1.29 is 17.0 Å². The molecule has 1 N–H and O–H groups in total. The summed E-state index contributed by atoms with van der Waals surface area (Å²) in [5.74, 6) is 0. The van der Waals surface area contributed by atoms with Crippen LogP contribution >= 0.6 is 18.6 Å². The number of rotatable bonds is 4. The molecule has 0 saturated heterocycles. The van der Waals surface area contributed by atoms with Gasteiger partial charge < -0.3 is 5.32 Å². The molecule has 10 heavy (non-hydrogen) atoms. The van der Waals surface area contributed by atoms with Crippen molar-refractivity contribution in [2.45, 2.75) is 26.7 Å². The number of hydrogen-bond donors (Lipinski definition) is 1. The predicted octanol–water partition coefficient (Wildman–Crippen LogP) is 2.77. The summed E-state index contributed by atoms with van der Waals surface area (Å²) in [6.45, 7) is 6.72. The molecule has 0 aliphatic heterocycles. The molecule has 0 aliphatic rings. The van der Waals surface area contributed by atoms with Gasteiger partial charge in [-0.15, -0.1) is 0 Å². The third-order valence-electron chi connectivity index (χ3n) is 0.854. The average Bonchev–Trinajstić information content (AvgIpc) is 1.91. The molecule has 1 nitrogen and oxygen atoms in total. The Morgan fingerprint density at radius 1 is 1.10 bits per heavy atom. The minimum atomic E-state index is -0.556. The van der Waals surface area contributed by atoms with Crippen LogP contribution in [0.2, 0.25) is 0 Å². The topological polar surface area (TPSA) is 12.0 Å². The molecular formula is C6H15Cl2NTi. The van der Waals surface area contributed by atoms with Crippen molar-refractivity contribution in [3.8, 4) is 0 Å². The van der Waals surface area contributed by atoms with Crippen LogP contribution in [0.4, 0.5) is 0 Å². The summed E-state index contributed by atoms with van der Waals surface area (Å²) >= 11 is -0.556. The summed E-state index contributed by atoms with van der Waals surface area (Å²) in [6.07, 6.45) is 2.50. The predicted molar refractivity (Wildman–Crippen MR) is 45.2 cm³/mol. The summed E-state index contributed by atoms with van der Waals surface area (Å²) in [5.41, 5.74) is 0. The molecule has 0 fully saturated rings. The van der Waals surface area contributed by atoms with E-state index in [0.29, 0.717) is 0 Å². The number of halogens is 2. The van der Waals surface area contributed by atoms with E-state index in [1.165, 1.54) is 25.9 Å². The second kappa shape index (κ2) is 16.7. The summed E-state index contributed by atoms with van der Waals surface area (Å²) in [6, 6.07) is 0. The number of hydrogen-bond acceptors (Lipinski definition) is 1. The molecule has 0 saturated carbocycles. The Morgan fingerprint density at radius 3 is 1.60 bits per heavy atom. The van der Waals surface area contributed by atoms with Crippen LogP contribution in [0.1, 0.15) is 26.7 Å². The van der Waals surface area contributed by atoms with Gasteiger partial charge in [0.2, 0.25) is 0 Å². The van der Waals surface area contributed by atoms with Gasteiger partial charge >= 0.3 is 35.6 Å². The van der Waals surface area contributed by atoms with E-state index in [1.54, 1.807) is 0 Å². The Hall–Kier alpha value is 1.25. The van der Waals surface area contributed by atoms with Crippen LogP contribution in [0.25, 0.3) is 0 Å². The molecule has 0 bridgehead atoms. The molecule has 0 aromatic rings. The first kappa shape index (κ1) is 13.8. The van der Waals surface area contributed by atoms with Crippen molar-refractivity contribution >= 4 is 18.6 Å². The molecule has 0 radical (unpaired) electrons. The molecule has 0 amide bonds. The van der Waals surface area contributed by atoms with E-state index >= 15 is 0 Å². The van der Waals surface area contributed by atoms with Crippen molar-refractivity contribution in [3.05, 3.63) is 0 Å². The maximum absolute atomic E-state index is 4.89. The van der Waals surface area contributed by atoms with Crippen LogP contribution in [0.5, 0.6) is 0 Å². The molecule has 0 aromatic carbocycles. The first-order valence-corrected chi connectivity index (χ1v) is 7.80. The van der Waals surface area contributed by atoms with Crippen molar-refractivity contribution in [2.75, 3.05) is 13.1 Å². The first-order chi connectivity index (χ1) is 4.83. The van der Waals surface area contributed by atoms with Crippen LogP contribution in [-0.2, 0) is 17.0 Å². The normalized spacial score (nSPS) is 8.00. The van der Waals surface area contributed by atoms with Gasteiger partial charge in [-0.25, -0.2) is 0 Å². The van der Waals surface area contributed by atoms with Gasteiger partial charge in [0.1, 0.15) is 0 Å². The summed E-state index contributed by atoms with van der Waals surface area (Å²) in [5, 5.41) is 3.28. The van der Waals surface area contributed by atoms with E-state index in [1.807, 2.05) is 0 Å². The Bertz CT molecular complexity index is 42.7. The third kappa shape index (κ3) is 22.8. The Morgan fingerprint density at radius 2 is 1.40 bits per heavy atom. The van der Waals surface area contributed by atoms with Gasteiger partial charge in [-0.1, -0.05) is 13.8 Å². The fourth-order valence-corrected chi connectivity index (χ4v) is 0.479. The molecule has 0 atom stereocenters. The zero-order valence-electron chi connectivity index (χ0n) is 6.58. The van der Waals surface area contributed by atoms with Crippen molar-refractivity contribution in [1.82, 2.24) is 5.32 Å². The van der Waals surface area contributed by atoms with Crippen LogP contribution in [0, 0.1) is 0 Å². The monoisotopic (exact) mass is 219 g/mol. The molecule has 0 aliphatic carbocycles. The van der Waals surface area contributed by atoms with Gasteiger partial charge in [0, 0.05) is 0 Å². The minimum absolute atomic E-state index is 0.556. The third-order valence-corrected chi connectivity index (χ3v) is 0.854. The fraction of sp³-hybridized carbons (Fsp3) is 1.00. The summed E-state index contributed by atoms with van der Waals surface area (Å²) in [7, 11) is 9.78. The van der Waals surface area contributed by atoms with Gasteiger partial charge in [0.05, 0.1) is 0 Å². The zero-order chi connectivity index (χ0) is 8.24. The second-order valence-corrected chi connectivity index (χ2v) is 4.40. The maximum atomic E-state index is 4.89. The molecule has 0 heterocycles. The Balaban J connectivity index is 0. The Kier molecular flexibility index (Phi) is 23.1. The van der Waals surface area contributed by atoms with E-state index in [-0.39, 0.29) is 0 Å². The van der Waals surface area contributed by atoms with Crippen LogP contribution in [-0.4, -0.2) is 13.1 Å². The molecule has 0 unspecified atom stereocenters. The van der Waals surface area contributed by atoms with Gasteiger partial charge in [-0.3, -0.25) is 0 Å². The van der Waals surface area contributed by atoms with Crippen molar-refractivity contribution in [1.29, 1.82) is 0 Å². The second-order valence-electron chi connectivity index (χ2n) is 1.82. The molecule has 0 rings (SSSR count). The van der Waals surface area contributed by atoms with E-state index in [0.717, 1.165) is 0 Å². The van der Waals surface area contributed by atoms with Crippen molar-refractivity contribution in [3.63, 3.8) is 0 Å². The van der Waals surface area contributed by atoms with Gasteiger partial charge in [-0.05, 0) is 25.9 Å². The van der Waals surface area contributed by atoms with Crippen LogP contribution in [0.15, 0.2) is 0 Å². The number of nitrogens with one attached hydrogen (secondary N) is 1. The summed E-state index contributed by atoms with van der Waals surface area (Å²) in [4.78, 5) is 0. The molecule has 62 valence electrons. The first-order valence-electron chi connectivity index (χ1n) is 3.50. The fourth-order valence-electron chi connectivity index (χ4n) is 0.479. The quantitative estimate of drug-likeness (QED) is 0.567. The molecule has 0 aromatic heterocycles. The molecular weight excluding hydrogens is 205 g/mol.